The van der Waals surface area contributed by atoms with Crippen molar-refractivity contribution >= 4 is 11.9 Å². The van der Waals surface area contributed by atoms with Crippen molar-refractivity contribution in [1.29, 1.82) is 0 Å². The van der Waals surface area contributed by atoms with Gasteiger partial charge in [-0.3, -0.25) is 9.59 Å². The minimum absolute atomic E-state index is 0.0649. The van der Waals surface area contributed by atoms with Gasteiger partial charge in [-0.15, -0.1) is 0 Å². The first kappa shape index (κ1) is 12.4. The highest BCUT2D eigenvalue weighted by atomic mass is 16.4. The summed E-state index contributed by atoms with van der Waals surface area (Å²) in [6.07, 6.45) is 4.15. The van der Waals surface area contributed by atoms with Crippen molar-refractivity contribution in [2.45, 2.75) is 39.0 Å². The van der Waals surface area contributed by atoms with E-state index < -0.39 is 5.97 Å². The van der Waals surface area contributed by atoms with Gasteiger partial charge in [-0.05, 0) is 37.5 Å². The van der Waals surface area contributed by atoms with E-state index in [0.717, 1.165) is 31.7 Å². The van der Waals surface area contributed by atoms with Crippen molar-refractivity contribution in [2.75, 3.05) is 6.54 Å². The molecule has 4 atom stereocenters. The smallest absolute Gasteiger partial charge is 0.306 e. The Morgan fingerprint density at radius 1 is 1.24 bits per heavy atom. The standard InChI is InChI=1S/C13H21NO3/c1-8-5-11(8)7-14-12(15)9-3-2-4-10(6-9)13(16)17/h8-11H,2-7H2,1H3,(H,14,15)(H,16,17). The zero-order chi connectivity index (χ0) is 12.4. The van der Waals surface area contributed by atoms with Crippen LogP contribution in [-0.4, -0.2) is 23.5 Å². The molecule has 2 N–H and O–H groups in total. The third kappa shape index (κ3) is 3.20. The number of nitrogens with one attached hydrogen (secondary N) is 1. The molecule has 2 fully saturated rings. The Kier molecular flexibility index (Phi) is 3.69. The van der Waals surface area contributed by atoms with E-state index in [0.29, 0.717) is 12.3 Å². The zero-order valence-electron chi connectivity index (χ0n) is 10.3. The number of hydrogen-bond acceptors (Lipinski definition) is 2. The van der Waals surface area contributed by atoms with Crippen LogP contribution in [0.3, 0.4) is 0 Å². The quantitative estimate of drug-likeness (QED) is 0.784. The summed E-state index contributed by atoms with van der Waals surface area (Å²) in [5.41, 5.74) is 0. The number of carboxylic acids is 1. The van der Waals surface area contributed by atoms with Gasteiger partial charge in [-0.2, -0.15) is 0 Å². The Balaban J connectivity index is 1.76. The largest absolute Gasteiger partial charge is 0.481 e. The first-order valence-corrected chi connectivity index (χ1v) is 6.58. The second-order valence-electron chi connectivity index (χ2n) is 5.62. The number of rotatable bonds is 4. The zero-order valence-corrected chi connectivity index (χ0v) is 10.3. The summed E-state index contributed by atoms with van der Waals surface area (Å²) >= 11 is 0. The molecule has 0 aliphatic heterocycles. The van der Waals surface area contributed by atoms with Crippen molar-refractivity contribution in [3.63, 3.8) is 0 Å². The van der Waals surface area contributed by atoms with Crippen molar-refractivity contribution < 1.29 is 14.7 Å². The minimum Gasteiger partial charge on any atom is -0.481 e. The summed E-state index contributed by atoms with van der Waals surface area (Å²) in [5.74, 6) is 0.304. The van der Waals surface area contributed by atoms with E-state index in [9.17, 15) is 9.59 Å². The predicted molar refractivity (Wildman–Crippen MR) is 63.4 cm³/mol. The Morgan fingerprint density at radius 2 is 1.88 bits per heavy atom. The van der Waals surface area contributed by atoms with Crippen LogP contribution in [0.25, 0.3) is 0 Å². The average Bonchev–Trinajstić information content (AvgIpc) is 3.02. The van der Waals surface area contributed by atoms with E-state index in [4.69, 9.17) is 5.11 Å². The van der Waals surface area contributed by atoms with Gasteiger partial charge in [0.25, 0.3) is 0 Å². The molecule has 96 valence electrons. The fraction of sp³-hybridized carbons (Fsp3) is 0.846. The molecule has 1 amide bonds. The van der Waals surface area contributed by atoms with Crippen molar-refractivity contribution in [1.82, 2.24) is 5.32 Å². The Morgan fingerprint density at radius 3 is 2.47 bits per heavy atom. The lowest BCUT2D eigenvalue weighted by atomic mass is 9.81. The fourth-order valence-electron chi connectivity index (χ4n) is 2.71. The molecule has 0 radical (unpaired) electrons. The number of amides is 1. The van der Waals surface area contributed by atoms with Crippen LogP contribution < -0.4 is 5.32 Å². The molecule has 0 heterocycles. The normalized spacial score (nSPS) is 36.3. The molecule has 2 rings (SSSR count). The van der Waals surface area contributed by atoms with Gasteiger partial charge in [0, 0.05) is 12.5 Å². The molecule has 4 heteroatoms. The summed E-state index contributed by atoms with van der Waals surface area (Å²) in [7, 11) is 0. The highest BCUT2D eigenvalue weighted by molar-refractivity contribution is 5.80. The molecule has 0 aromatic heterocycles. The lowest BCUT2D eigenvalue weighted by Crippen LogP contribution is -2.36. The van der Waals surface area contributed by atoms with Crippen LogP contribution >= 0.6 is 0 Å². The van der Waals surface area contributed by atoms with Crippen LogP contribution in [0.4, 0.5) is 0 Å². The number of carboxylic acid groups (broad SMARTS) is 1. The lowest BCUT2D eigenvalue weighted by molar-refractivity contribution is -0.144. The van der Waals surface area contributed by atoms with Crippen molar-refractivity contribution in [3.8, 4) is 0 Å². The van der Waals surface area contributed by atoms with Gasteiger partial charge in [0.1, 0.15) is 0 Å². The first-order chi connectivity index (χ1) is 8.08. The van der Waals surface area contributed by atoms with Crippen LogP contribution in [0.2, 0.25) is 0 Å². The maximum Gasteiger partial charge on any atom is 0.306 e. The maximum atomic E-state index is 11.9. The Hall–Kier alpha value is -1.06. The molecule has 0 aromatic carbocycles. The lowest BCUT2D eigenvalue weighted by Gasteiger charge is -2.25. The second-order valence-corrected chi connectivity index (χ2v) is 5.62. The van der Waals surface area contributed by atoms with Crippen LogP contribution in [0, 0.1) is 23.7 Å². The van der Waals surface area contributed by atoms with Crippen LogP contribution in [0.1, 0.15) is 39.0 Å². The molecule has 0 spiro atoms. The second kappa shape index (κ2) is 5.07. The molecule has 2 aliphatic carbocycles. The average molecular weight is 239 g/mol. The van der Waals surface area contributed by atoms with Gasteiger partial charge in [0.05, 0.1) is 5.92 Å². The van der Waals surface area contributed by atoms with E-state index >= 15 is 0 Å². The molecule has 0 aromatic rings. The molecule has 2 saturated carbocycles. The molecule has 4 unspecified atom stereocenters. The molecular formula is C13H21NO3. The highest BCUT2D eigenvalue weighted by Gasteiger charge is 2.34. The number of carbonyl (C=O) groups is 2. The SMILES string of the molecule is CC1CC1CNC(=O)C1CCCC(C(=O)O)C1. The summed E-state index contributed by atoms with van der Waals surface area (Å²) in [6, 6.07) is 0. The Labute approximate surface area is 102 Å². The molecular weight excluding hydrogens is 218 g/mol. The van der Waals surface area contributed by atoms with E-state index in [1.54, 1.807) is 0 Å². The summed E-state index contributed by atoms with van der Waals surface area (Å²) in [4.78, 5) is 22.8. The summed E-state index contributed by atoms with van der Waals surface area (Å²) < 4.78 is 0. The van der Waals surface area contributed by atoms with Crippen LogP contribution in [0.15, 0.2) is 0 Å². The Bertz CT molecular complexity index is 316. The van der Waals surface area contributed by atoms with E-state index in [2.05, 4.69) is 12.2 Å². The third-order valence-electron chi connectivity index (χ3n) is 4.21. The summed E-state index contributed by atoms with van der Waals surface area (Å²) in [5, 5.41) is 11.9. The summed E-state index contributed by atoms with van der Waals surface area (Å²) in [6.45, 7) is 2.96. The number of carbonyl (C=O) groups excluding carboxylic acids is 1. The maximum absolute atomic E-state index is 11.9. The van der Waals surface area contributed by atoms with Gasteiger partial charge in [-0.25, -0.2) is 0 Å². The van der Waals surface area contributed by atoms with Crippen molar-refractivity contribution in [3.05, 3.63) is 0 Å². The van der Waals surface area contributed by atoms with Gasteiger partial charge < -0.3 is 10.4 Å². The monoisotopic (exact) mass is 239 g/mol. The van der Waals surface area contributed by atoms with E-state index in [1.165, 1.54) is 6.42 Å². The first-order valence-electron chi connectivity index (χ1n) is 6.58. The number of hydrogen-bond donors (Lipinski definition) is 2. The van der Waals surface area contributed by atoms with E-state index in [-0.39, 0.29) is 17.7 Å². The molecule has 0 saturated heterocycles. The molecule has 4 nitrogen and oxygen atoms in total. The van der Waals surface area contributed by atoms with Gasteiger partial charge in [-0.1, -0.05) is 13.3 Å². The topological polar surface area (TPSA) is 66.4 Å². The fourth-order valence-corrected chi connectivity index (χ4v) is 2.71. The van der Waals surface area contributed by atoms with Crippen LogP contribution in [0.5, 0.6) is 0 Å². The molecule has 2 aliphatic rings. The third-order valence-corrected chi connectivity index (χ3v) is 4.21. The van der Waals surface area contributed by atoms with Gasteiger partial charge in [0.15, 0.2) is 0 Å². The van der Waals surface area contributed by atoms with Gasteiger partial charge >= 0.3 is 5.97 Å². The minimum atomic E-state index is -0.752. The van der Waals surface area contributed by atoms with Crippen molar-refractivity contribution in [2.24, 2.45) is 23.7 Å². The van der Waals surface area contributed by atoms with Crippen LogP contribution in [-0.2, 0) is 9.59 Å². The molecule has 17 heavy (non-hydrogen) atoms. The highest BCUT2D eigenvalue weighted by Crippen LogP contribution is 2.37. The number of aliphatic carboxylic acids is 1. The van der Waals surface area contributed by atoms with E-state index in [1.807, 2.05) is 0 Å². The van der Waals surface area contributed by atoms with Gasteiger partial charge in [0.2, 0.25) is 5.91 Å². The predicted octanol–water partition coefficient (Wildman–Crippen LogP) is 1.65. The molecule has 0 bridgehead atoms.